The molecule has 5 heteroatoms. The van der Waals surface area contributed by atoms with E-state index in [0.29, 0.717) is 0 Å². The van der Waals surface area contributed by atoms with Crippen LogP contribution in [0, 0.1) is 0 Å². The fraction of sp³-hybridized carbons (Fsp3) is 0.125. The van der Waals surface area contributed by atoms with Crippen molar-refractivity contribution in [2.45, 2.75) is 17.1 Å². The first-order valence-corrected chi connectivity index (χ1v) is 7.30. The van der Waals surface area contributed by atoms with Crippen molar-refractivity contribution in [2.75, 3.05) is 5.32 Å². The van der Waals surface area contributed by atoms with Crippen LogP contribution in [0.3, 0.4) is 0 Å². The number of nitrogens with one attached hydrogen (secondary N) is 1. The molecule has 0 radical (unpaired) electrons. The molecule has 0 aromatic heterocycles. The van der Waals surface area contributed by atoms with Gasteiger partial charge in [0.2, 0.25) is 5.91 Å². The molecule has 0 aliphatic heterocycles. The highest BCUT2D eigenvalue weighted by molar-refractivity contribution is 8.00. The van der Waals surface area contributed by atoms with Crippen molar-refractivity contribution < 1.29 is 14.7 Å². The van der Waals surface area contributed by atoms with Crippen molar-refractivity contribution in [1.29, 1.82) is 0 Å². The highest BCUT2D eigenvalue weighted by atomic mass is 32.2. The minimum atomic E-state index is -0.957. The second kappa shape index (κ2) is 6.95. The zero-order valence-corrected chi connectivity index (χ0v) is 12.3. The molecule has 0 fully saturated rings. The van der Waals surface area contributed by atoms with E-state index in [1.165, 1.54) is 23.9 Å². The Morgan fingerprint density at radius 1 is 1.05 bits per heavy atom. The molecule has 2 aromatic carbocycles. The average Bonchev–Trinajstić information content (AvgIpc) is 2.48. The maximum atomic E-state index is 12.1. The molecule has 0 bridgehead atoms. The molecule has 2 rings (SSSR count). The molecular formula is C16H15NO3S. The van der Waals surface area contributed by atoms with E-state index < -0.39 is 5.97 Å². The lowest BCUT2D eigenvalue weighted by atomic mass is 10.2. The van der Waals surface area contributed by atoms with Crippen LogP contribution in [0.25, 0.3) is 0 Å². The van der Waals surface area contributed by atoms with Crippen LogP contribution in [0.15, 0.2) is 59.5 Å². The number of carboxylic acids is 1. The SMILES string of the molecule is CC(Sc1ccc(C(=O)O)cc1)C(=O)Nc1ccccc1. The normalized spacial score (nSPS) is 11.7. The summed E-state index contributed by atoms with van der Waals surface area (Å²) in [5.41, 5.74) is 0.997. The molecule has 1 unspecified atom stereocenters. The maximum absolute atomic E-state index is 12.1. The number of hydrogen-bond donors (Lipinski definition) is 2. The predicted molar refractivity (Wildman–Crippen MR) is 83.8 cm³/mol. The lowest BCUT2D eigenvalue weighted by Crippen LogP contribution is -2.22. The number of carboxylic acid groups (broad SMARTS) is 1. The third kappa shape index (κ3) is 4.36. The van der Waals surface area contributed by atoms with Crippen molar-refractivity contribution in [1.82, 2.24) is 0 Å². The summed E-state index contributed by atoms with van der Waals surface area (Å²) in [7, 11) is 0. The second-order valence-corrected chi connectivity index (χ2v) is 5.86. The summed E-state index contributed by atoms with van der Waals surface area (Å²) < 4.78 is 0. The Morgan fingerprint density at radius 3 is 2.24 bits per heavy atom. The van der Waals surface area contributed by atoms with E-state index in [1.807, 2.05) is 37.3 Å². The number of amides is 1. The number of thioether (sulfide) groups is 1. The van der Waals surface area contributed by atoms with Crippen molar-refractivity contribution in [2.24, 2.45) is 0 Å². The first-order chi connectivity index (χ1) is 10.1. The molecule has 4 nitrogen and oxygen atoms in total. The van der Waals surface area contributed by atoms with Gasteiger partial charge in [0, 0.05) is 10.6 Å². The van der Waals surface area contributed by atoms with Crippen molar-refractivity contribution >= 4 is 29.3 Å². The number of aromatic carboxylic acids is 1. The van der Waals surface area contributed by atoms with E-state index in [9.17, 15) is 9.59 Å². The van der Waals surface area contributed by atoms with E-state index >= 15 is 0 Å². The largest absolute Gasteiger partial charge is 0.478 e. The molecule has 1 amide bonds. The zero-order valence-electron chi connectivity index (χ0n) is 11.4. The zero-order chi connectivity index (χ0) is 15.2. The van der Waals surface area contributed by atoms with E-state index in [0.717, 1.165) is 10.6 Å². The van der Waals surface area contributed by atoms with Crippen molar-refractivity contribution in [3.8, 4) is 0 Å². The second-order valence-electron chi connectivity index (χ2n) is 4.44. The minimum absolute atomic E-state index is 0.0893. The smallest absolute Gasteiger partial charge is 0.335 e. The average molecular weight is 301 g/mol. The monoisotopic (exact) mass is 301 g/mol. The van der Waals surface area contributed by atoms with Gasteiger partial charge < -0.3 is 10.4 Å². The molecule has 1 atom stereocenters. The molecule has 0 saturated carbocycles. The number of rotatable bonds is 5. The number of anilines is 1. The fourth-order valence-electron chi connectivity index (χ4n) is 1.70. The molecule has 21 heavy (non-hydrogen) atoms. The van der Waals surface area contributed by atoms with Crippen LogP contribution in [0.1, 0.15) is 17.3 Å². The van der Waals surface area contributed by atoms with E-state index in [2.05, 4.69) is 5.32 Å². The molecule has 0 aliphatic rings. The van der Waals surface area contributed by atoms with Crippen LogP contribution in [0.4, 0.5) is 5.69 Å². The topological polar surface area (TPSA) is 66.4 Å². The number of benzene rings is 2. The standard InChI is InChI=1S/C16H15NO3S/c1-11(15(18)17-13-5-3-2-4-6-13)21-14-9-7-12(8-10-14)16(19)20/h2-11H,1H3,(H,17,18)(H,19,20). The quantitative estimate of drug-likeness (QED) is 0.829. The van der Waals surface area contributed by atoms with Crippen LogP contribution < -0.4 is 5.32 Å². The van der Waals surface area contributed by atoms with Gasteiger partial charge >= 0.3 is 5.97 Å². The number of para-hydroxylation sites is 1. The predicted octanol–water partition coefficient (Wildman–Crippen LogP) is 3.50. The number of carbonyl (C=O) groups is 2. The Bertz CT molecular complexity index is 626. The Labute approximate surface area is 127 Å². The van der Waals surface area contributed by atoms with Crippen LogP contribution in [-0.2, 0) is 4.79 Å². The van der Waals surface area contributed by atoms with Crippen LogP contribution in [0.2, 0.25) is 0 Å². The van der Waals surface area contributed by atoms with Gasteiger partial charge in [0.1, 0.15) is 0 Å². The van der Waals surface area contributed by atoms with Crippen LogP contribution in [0.5, 0.6) is 0 Å². The van der Waals surface area contributed by atoms with Crippen LogP contribution >= 0.6 is 11.8 Å². The molecule has 0 aliphatic carbocycles. The Balaban J connectivity index is 1.95. The van der Waals surface area contributed by atoms with Gasteiger partial charge in [-0.15, -0.1) is 11.8 Å². The molecule has 108 valence electrons. The van der Waals surface area contributed by atoms with Gasteiger partial charge in [-0.2, -0.15) is 0 Å². The third-order valence-corrected chi connectivity index (χ3v) is 3.94. The van der Waals surface area contributed by atoms with Gasteiger partial charge in [0.25, 0.3) is 0 Å². The van der Waals surface area contributed by atoms with Gasteiger partial charge in [0.15, 0.2) is 0 Å². The summed E-state index contributed by atoms with van der Waals surface area (Å²) in [4.78, 5) is 23.7. The summed E-state index contributed by atoms with van der Waals surface area (Å²) in [6.07, 6.45) is 0. The highest BCUT2D eigenvalue weighted by Gasteiger charge is 2.14. The Morgan fingerprint density at radius 2 is 1.67 bits per heavy atom. The third-order valence-electron chi connectivity index (χ3n) is 2.82. The Kier molecular flexibility index (Phi) is 5.00. The highest BCUT2D eigenvalue weighted by Crippen LogP contribution is 2.24. The first-order valence-electron chi connectivity index (χ1n) is 6.42. The van der Waals surface area contributed by atoms with Crippen LogP contribution in [-0.4, -0.2) is 22.2 Å². The summed E-state index contributed by atoms with van der Waals surface area (Å²) in [5.74, 6) is -1.05. The molecule has 0 heterocycles. The van der Waals surface area contributed by atoms with Gasteiger partial charge in [-0.1, -0.05) is 18.2 Å². The van der Waals surface area contributed by atoms with E-state index in [1.54, 1.807) is 12.1 Å². The summed E-state index contributed by atoms with van der Waals surface area (Å²) >= 11 is 1.39. The molecular weight excluding hydrogens is 286 g/mol. The lowest BCUT2D eigenvalue weighted by Gasteiger charge is -2.12. The summed E-state index contributed by atoms with van der Waals surface area (Å²) in [6.45, 7) is 1.81. The first kappa shape index (κ1) is 15.1. The number of hydrogen-bond acceptors (Lipinski definition) is 3. The van der Waals surface area contributed by atoms with Crippen molar-refractivity contribution in [3.05, 3.63) is 60.2 Å². The van der Waals surface area contributed by atoms with Gasteiger partial charge in [0.05, 0.1) is 10.8 Å². The molecule has 0 saturated heterocycles. The maximum Gasteiger partial charge on any atom is 0.335 e. The molecule has 2 aromatic rings. The Hall–Kier alpha value is -2.27. The van der Waals surface area contributed by atoms with Gasteiger partial charge in [-0.05, 0) is 43.3 Å². The van der Waals surface area contributed by atoms with Gasteiger partial charge in [-0.3, -0.25) is 4.79 Å². The minimum Gasteiger partial charge on any atom is -0.478 e. The lowest BCUT2D eigenvalue weighted by molar-refractivity contribution is -0.115. The van der Waals surface area contributed by atoms with Gasteiger partial charge in [-0.25, -0.2) is 4.79 Å². The number of carbonyl (C=O) groups excluding carboxylic acids is 1. The van der Waals surface area contributed by atoms with E-state index in [4.69, 9.17) is 5.11 Å². The summed E-state index contributed by atoms with van der Waals surface area (Å²) in [6, 6.07) is 15.8. The van der Waals surface area contributed by atoms with E-state index in [-0.39, 0.29) is 16.7 Å². The van der Waals surface area contributed by atoms with Crippen molar-refractivity contribution in [3.63, 3.8) is 0 Å². The molecule has 0 spiro atoms. The fourth-order valence-corrected chi connectivity index (χ4v) is 2.57. The molecule has 2 N–H and O–H groups in total. The summed E-state index contributed by atoms with van der Waals surface area (Å²) in [5, 5.41) is 11.4.